The van der Waals surface area contributed by atoms with E-state index >= 15 is 0 Å². The molecule has 2 aromatic rings. The Hall–Kier alpha value is -1.77. The fourth-order valence-corrected chi connectivity index (χ4v) is 2.93. The van der Waals surface area contributed by atoms with Crippen LogP contribution < -0.4 is 14.4 Å². The molecule has 0 saturated carbocycles. The molecule has 6 nitrogen and oxygen atoms in total. The van der Waals surface area contributed by atoms with Crippen LogP contribution in [0.25, 0.3) is 0 Å². The summed E-state index contributed by atoms with van der Waals surface area (Å²) in [5, 5.41) is 3.21. The van der Waals surface area contributed by atoms with Gasteiger partial charge >= 0.3 is 0 Å². The lowest BCUT2D eigenvalue weighted by Gasteiger charge is -2.18. The molecule has 9 heteroatoms. The van der Waals surface area contributed by atoms with Gasteiger partial charge in [0.05, 0.1) is 17.0 Å². The smallest absolute Gasteiger partial charge is 0.265 e. The third-order valence-electron chi connectivity index (χ3n) is 3.57. The molecule has 1 N–H and O–H groups in total. The Morgan fingerprint density at radius 2 is 1.85 bits per heavy atom. The summed E-state index contributed by atoms with van der Waals surface area (Å²) in [5.41, 5.74) is 1.06. The highest BCUT2D eigenvalue weighted by molar-refractivity contribution is 9.10. The number of hydrogen-bond donors (Lipinski definition) is 1. The largest absolute Gasteiger partial charge is 0.481 e. The lowest BCUT2D eigenvalue weighted by atomic mass is 10.2. The zero-order valence-electron chi connectivity index (χ0n) is 14.4. The number of sulfonamides is 1. The molecule has 0 fully saturated rings. The standard InChI is InChI=1S/C17H18BrClN2O4S/c1-11(17(22)20-12-4-9-15(18)16(19)10-12)25-14-7-5-13(6-8-14)21(2)26(3,23)24/h4-11H,1-3H3,(H,20,22)/t11-/m1/s1. The molecule has 0 heterocycles. The van der Waals surface area contributed by atoms with E-state index in [9.17, 15) is 13.2 Å². The number of anilines is 2. The van der Waals surface area contributed by atoms with Crippen LogP contribution in [0.3, 0.4) is 0 Å². The van der Waals surface area contributed by atoms with Crippen molar-refractivity contribution in [1.29, 1.82) is 0 Å². The summed E-state index contributed by atoms with van der Waals surface area (Å²) < 4.78 is 30.6. The lowest BCUT2D eigenvalue weighted by Crippen LogP contribution is -2.30. The summed E-state index contributed by atoms with van der Waals surface area (Å²) in [4.78, 5) is 12.2. The minimum Gasteiger partial charge on any atom is -0.481 e. The molecule has 0 unspecified atom stereocenters. The lowest BCUT2D eigenvalue weighted by molar-refractivity contribution is -0.122. The van der Waals surface area contributed by atoms with Gasteiger partial charge in [-0.25, -0.2) is 8.42 Å². The maximum atomic E-state index is 12.2. The Balaban J connectivity index is 2.01. The topological polar surface area (TPSA) is 75.7 Å². The van der Waals surface area contributed by atoms with E-state index in [1.54, 1.807) is 49.4 Å². The van der Waals surface area contributed by atoms with Crippen LogP contribution >= 0.6 is 27.5 Å². The van der Waals surface area contributed by atoms with Crippen molar-refractivity contribution in [3.8, 4) is 5.75 Å². The highest BCUT2D eigenvalue weighted by Gasteiger charge is 2.16. The third kappa shape index (κ3) is 5.36. The van der Waals surface area contributed by atoms with E-state index in [0.29, 0.717) is 22.1 Å². The van der Waals surface area contributed by atoms with Crippen molar-refractivity contribution in [2.24, 2.45) is 0 Å². The minimum atomic E-state index is -3.33. The highest BCUT2D eigenvalue weighted by Crippen LogP contribution is 2.26. The SMILES string of the molecule is C[C@@H](Oc1ccc(N(C)S(C)(=O)=O)cc1)C(=O)Nc1ccc(Br)c(Cl)c1. The molecule has 1 amide bonds. The number of nitrogens with one attached hydrogen (secondary N) is 1. The number of carbonyl (C=O) groups is 1. The third-order valence-corrected chi connectivity index (χ3v) is 6.01. The number of carbonyl (C=O) groups excluding carboxylic acids is 1. The Morgan fingerprint density at radius 3 is 2.38 bits per heavy atom. The van der Waals surface area contributed by atoms with Crippen LogP contribution in [0.4, 0.5) is 11.4 Å². The second kappa shape index (κ2) is 8.28. The van der Waals surface area contributed by atoms with Gasteiger partial charge in [0, 0.05) is 17.2 Å². The van der Waals surface area contributed by atoms with Crippen LogP contribution in [0.15, 0.2) is 46.9 Å². The summed E-state index contributed by atoms with van der Waals surface area (Å²) >= 11 is 9.29. The molecule has 0 bridgehead atoms. The van der Waals surface area contributed by atoms with Crippen LogP contribution in [0.5, 0.6) is 5.75 Å². The predicted octanol–water partition coefficient (Wildman–Crippen LogP) is 3.90. The highest BCUT2D eigenvalue weighted by atomic mass is 79.9. The van der Waals surface area contributed by atoms with Gasteiger partial charge in [0.15, 0.2) is 6.10 Å². The fraction of sp³-hybridized carbons (Fsp3) is 0.235. The van der Waals surface area contributed by atoms with Gasteiger partial charge in [-0.3, -0.25) is 9.10 Å². The monoisotopic (exact) mass is 460 g/mol. The first-order chi connectivity index (χ1) is 12.1. The summed E-state index contributed by atoms with van der Waals surface area (Å²) in [6, 6.07) is 11.5. The first kappa shape index (κ1) is 20.5. The van der Waals surface area contributed by atoms with Crippen molar-refractivity contribution in [3.05, 3.63) is 52.0 Å². The second-order valence-electron chi connectivity index (χ2n) is 5.60. The number of halogens is 2. The van der Waals surface area contributed by atoms with E-state index in [1.165, 1.54) is 7.05 Å². The number of amides is 1. The molecule has 0 aliphatic carbocycles. The van der Waals surface area contributed by atoms with Gasteiger partial charge in [-0.15, -0.1) is 0 Å². The van der Waals surface area contributed by atoms with E-state index in [-0.39, 0.29) is 5.91 Å². The normalized spacial score (nSPS) is 12.3. The molecule has 0 radical (unpaired) electrons. The molecule has 2 rings (SSSR count). The Morgan fingerprint density at radius 1 is 1.23 bits per heavy atom. The van der Waals surface area contributed by atoms with Gasteiger partial charge in [0.25, 0.3) is 5.91 Å². The number of rotatable bonds is 6. The van der Waals surface area contributed by atoms with Gasteiger partial charge in [-0.1, -0.05) is 11.6 Å². The van der Waals surface area contributed by atoms with Gasteiger partial charge in [-0.05, 0) is 65.3 Å². The molecule has 26 heavy (non-hydrogen) atoms. The van der Waals surface area contributed by atoms with Crippen molar-refractivity contribution in [3.63, 3.8) is 0 Å². The van der Waals surface area contributed by atoms with Crippen molar-refractivity contribution >= 4 is 54.8 Å². The van der Waals surface area contributed by atoms with Crippen LogP contribution in [0.2, 0.25) is 5.02 Å². The van der Waals surface area contributed by atoms with Crippen LogP contribution in [-0.2, 0) is 14.8 Å². The molecule has 0 aliphatic heterocycles. The van der Waals surface area contributed by atoms with Crippen molar-refractivity contribution in [2.45, 2.75) is 13.0 Å². The quantitative estimate of drug-likeness (QED) is 0.708. The molecule has 140 valence electrons. The summed E-state index contributed by atoms with van der Waals surface area (Å²) in [5.74, 6) is 0.118. The van der Waals surface area contributed by atoms with Gasteiger partial charge < -0.3 is 10.1 Å². The summed E-state index contributed by atoms with van der Waals surface area (Å²) in [6.07, 6.45) is 0.369. The van der Waals surface area contributed by atoms with Gasteiger partial charge in [0.1, 0.15) is 5.75 Å². The molecule has 0 aliphatic rings. The first-order valence-electron chi connectivity index (χ1n) is 7.54. The number of ether oxygens (including phenoxy) is 1. The summed E-state index contributed by atoms with van der Waals surface area (Å²) in [6.45, 7) is 1.62. The van der Waals surface area contributed by atoms with Crippen LogP contribution in [0.1, 0.15) is 6.92 Å². The number of benzene rings is 2. The Bertz CT molecular complexity index is 903. The van der Waals surface area contributed by atoms with E-state index in [1.807, 2.05) is 0 Å². The molecule has 0 aromatic heterocycles. The Labute approximate surface area is 166 Å². The summed E-state index contributed by atoms with van der Waals surface area (Å²) in [7, 11) is -1.87. The maximum absolute atomic E-state index is 12.2. The molecule has 1 atom stereocenters. The van der Waals surface area contributed by atoms with Gasteiger partial charge in [0.2, 0.25) is 10.0 Å². The zero-order chi connectivity index (χ0) is 19.5. The van der Waals surface area contributed by atoms with E-state index in [4.69, 9.17) is 16.3 Å². The van der Waals surface area contributed by atoms with E-state index in [0.717, 1.165) is 15.0 Å². The molecule has 0 spiro atoms. The van der Waals surface area contributed by atoms with Gasteiger partial charge in [-0.2, -0.15) is 0 Å². The predicted molar refractivity (Wildman–Crippen MR) is 108 cm³/mol. The van der Waals surface area contributed by atoms with E-state index < -0.39 is 16.1 Å². The minimum absolute atomic E-state index is 0.333. The molecule has 2 aromatic carbocycles. The molecular formula is C17H18BrClN2O4S. The van der Waals surface area contributed by atoms with E-state index in [2.05, 4.69) is 21.2 Å². The first-order valence-corrected chi connectivity index (χ1v) is 10.6. The molecular weight excluding hydrogens is 444 g/mol. The zero-order valence-corrected chi connectivity index (χ0v) is 17.5. The average molecular weight is 462 g/mol. The van der Waals surface area contributed by atoms with Crippen molar-refractivity contribution < 1.29 is 17.9 Å². The number of hydrogen-bond acceptors (Lipinski definition) is 4. The van der Waals surface area contributed by atoms with Crippen LogP contribution in [0, 0.1) is 0 Å². The second-order valence-corrected chi connectivity index (χ2v) is 8.88. The maximum Gasteiger partial charge on any atom is 0.265 e. The van der Waals surface area contributed by atoms with Crippen molar-refractivity contribution in [2.75, 3.05) is 22.9 Å². The van der Waals surface area contributed by atoms with Crippen molar-refractivity contribution in [1.82, 2.24) is 0 Å². The van der Waals surface area contributed by atoms with Crippen LogP contribution in [-0.4, -0.2) is 33.7 Å². The fourth-order valence-electron chi connectivity index (χ4n) is 2.00. The number of nitrogens with zero attached hydrogens (tertiary/aromatic N) is 1. The average Bonchev–Trinajstić information content (AvgIpc) is 2.57. The molecule has 0 saturated heterocycles. The Kier molecular flexibility index (Phi) is 6.54.